The first-order chi connectivity index (χ1) is 15.5. The minimum Gasteiger partial charge on any atom is -0.444 e. The topological polar surface area (TPSA) is 160 Å². The first-order valence-electron chi connectivity index (χ1n) is 11.6. The summed E-state index contributed by atoms with van der Waals surface area (Å²) in [5.74, 6) is -1.80. The molecule has 11 nitrogen and oxygen atoms in total. The standard InChI is InChI=1S/C22H38N6O5/c1-5-6-13-27-18(29)16(17(23)24)19(30)28(21(27)32)15-9-7-14(8-10-15)25-11-12-26-20(31)33-22(2,3)4/h14-15,25H,5-13,23-24H2,1-4H3,(H,26,31). The van der Waals surface area contributed by atoms with E-state index in [0.717, 1.165) is 29.1 Å². The van der Waals surface area contributed by atoms with Crippen LogP contribution in [0, 0.1) is 0 Å². The van der Waals surface area contributed by atoms with Gasteiger partial charge < -0.3 is 26.8 Å². The van der Waals surface area contributed by atoms with E-state index in [-0.39, 0.29) is 30.0 Å². The first-order valence-corrected chi connectivity index (χ1v) is 11.6. The van der Waals surface area contributed by atoms with Gasteiger partial charge in [-0.15, -0.1) is 0 Å². The minimum absolute atomic E-state index is 0.198. The van der Waals surface area contributed by atoms with Crippen molar-refractivity contribution < 1.29 is 23.9 Å². The van der Waals surface area contributed by atoms with E-state index in [0.29, 0.717) is 32.4 Å². The molecule has 1 aliphatic heterocycles. The second kappa shape index (κ2) is 11.4. The van der Waals surface area contributed by atoms with E-state index in [9.17, 15) is 19.2 Å². The van der Waals surface area contributed by atoms with Gasteiger partial charge in [0.2, 0.25) is 0 Å². The van der Waals surface area contributed by atoms with Crippen molar-refractivity contribution in [2.45, 2.75) is 83.9 Å². The van der Waals surface area contributed by atoms with Crippen LogP contribution in [0.15, 0.2) is 11.4 Å². The summed E-state index contributed by atoms with van der Waals surface area (Å²) < 4.78 is 5.20. The molecule has 0 aromatic rings. The smallest absolute Gasteiger partial charge is 0.407 e. The third-order valence-electron chi connectivity index (χ3n) is 5.64. The number of carbonyl (C=O) groups is 4. The van der Waals surface area contributed by atoms with Gasteiger partial charge in [0.1, 0.15) is 17.0 Å². The highest BCUT2D eigenvalue weighted by atomic mass is 16.6. The molecule has 0 aromatic heterocycles. The molecule has 2 aliphatic rings. The summed E-state index contributed by atoms with van der Waals surface area (Å²) in [7, 11) is 0. The number of imide groups is 2. The lowest BCUT2D eigenvalue weighted by Gasteiger charge is -2.41. The van der Waals surface area contributed by atoms with Crippen molar-refractivity contribution in [3.05, 3.63) is 11.4 Å². The Balaban J connectivity index is 1.91. The quantitative estimate of drug-likeness (QED) is 0.235. The monoisotopic (exact) mass is 466 g/mol. The van der Waals surface area contributed by atoms with Crippen molar-refractivity contribution in [1.29, 1.82) is 0 Å². The SMILES string of the molecule is CCCCN1C(=O)C(=C(N)N)C(=O)N(C2CCC(NCCNC(=O)OC(C)(C)C)CC2)C1=O. The summed E-state index contributed by atoms with van der Waals surface area (Å²) in [6.45, 7) is 8.59. The van der Waals surface area contributed by atoms with Gasteiger partial charge in [0.15, 0.2) is 0 Å². The second-order valence-electron chi connectivity index (χ2n) is 9.49. The molecular weight excluding hydrogens is 428 g/mol. The van der Waals surface area contributed by atoms with E-state index in [2.05, 4.69) is 10.6 Å². The second-order valence-corrected chi connectivity index (χ2v) is 9.49. The Kier molecular flexibility index (Phi) is 9.09. The Hall–Kier alpha value is -2.82. The maximum absolute atomic E-state index is 13.0. The number of hydrogen-bond donors (Lipinski definition) is 4. The van der Waals surface area contributed by atoms with Crippen molar-refractivity contribution in [3.8, 4) is 0 Å². The predicted molar refractivity (Wildman–Crippen MR) is 123 cm³/mol. The number of alkyl carbamates (subject to hydrolysis) is 1. The van der Waals surface area contributed by atoms with Crippen LogP contribution in [0.25, 0.3) is 0 Å². The van der Waals surface area contributed by atoms with Crippen molar-refractivity contribution in [2.75, 3.05) is 19.6 Å². The molecule has 33 heavy (non-hydrogen) atoms. The number of nitrogens with one attached hydrogen (secondary N) is 2. The van der Waals surface area contributed by atoms with Crippen molar-refractivity contribution in [2.24, 2.45) is 11.5 Å². The van der Waals surface area contributed by atoms with Crippen LogP contribution < -0.4 is 22.1 Å². The molecular formula is C22H38N6O5. The normalized spacial score (nSPS) is 21.9. The molecule has 0 radical (unpaired) electrons. The minimum atomic E-state index is -0.720. The molecule has 186 valence electrons. The zero-order valence-electron chi connectivity index (χ0n) is 20.1. The van der Waals surface area contributed by atoms with Gasteiger partial charge in [-0.25, -0.2) is 9.59 Å². The van der Waals surface area contributed by atoms with Crippen LogP contribution in [-0.2, 0) is 14.3 Å². The fourth-order valence-electron chi connectivity index (χ4n) is 4.03. The van der Waals surface area contributed by atoms with E-state index in [1.54, 1.807) is 20.8 Å². The van der Waals surface area contributed by atoms with Crippen LogP contribution in [0.1, 0.15) is 66.2 Å². The third kappa shape index (κ3) is 7.08. The Labute approximate surface area is 195 Å². The zero-order chi connectivity index (χ0) is 24.8. The van der Waals surface area contributed by atoms with Gasteiger partial charge in [0, 0.05) is 31.7 Å². The summed E-state index contributed by atoms with van der Waals surface area (Å²) in [4.78, 5) is 52.5. The Morgan fingerprint density at radius 3 is 2.24 bits per heavy atom. The van der Waals surface area contributed by atoms with Crippen LogP contribution in [0.2, 0.25) is 0 Å². The Morgan fingerprint density at radius 2 is 1.70 bits per heavy atom. The molecule has 5 amide bonds. The largest absolute Gasteiger partial charge is 0.444 e. The van der Waals surface area contributed by atoms with Gasteiger partial charge >= 0.3 is 12.1 Å². The summed E-state index contributed by atoms with van der Waals surface area (Å²) in [5, 5.41) is 6.09. The number of nitrogens with zero attached hydrogens (tertiary/aromatic N) is 2. The highest BCUT2D eigenvalue weighted by molar-refractivity contribution is 6.29. The average molecular weight is 467 g/mol. The molecule has 2 fully saturated rings. The van der Waals surface area contributed by atoms with E-state index in [1.165, 1.54) is 0 Å². The van der Waals surface area contributed by atoms with Gasteiger partial charge in [-0.3, -0.25) is 19.4 Å². The summed E-state index contributed by atoms with van der Waals surface area (Å²) in [6, 6.07) is -0.722. The van der Waals surface area contributed by atoms with Gasteiger partial charge in [0.05, 0.1) is 0 Å². The molecule has 1 saturated heterocycles. The highest BCUT2D eigenvalue weighted by Crippen LogP contribution is 2.29. The molecule has 6 N–H and O–H groups in total. The van der Waals surface area contributed by atoms with Crippen molar-refractivity contribution in [1.82, 2.24) is 20.4 Å². The number of nitrogens with two attached hydrogens (primary N) is 2. The maximum atomic E-state index is 13.0. The van der Waals surface area contributed by atoms with Crippen LogP contribution in [0.5, 0.6) is 0 Å². The van der Waals surface area contributed by atoms with Crippen LogP contribution >= 0.6 is 0 Å². The number of hydrogen-bond acceptors (Lipinski definition) is 8. The van der Waals surface area contributed by atoms with Crippen LogP contribution in [0.3, 0.4) is 0 Å². The lowest BCUT2D eigenvalue weighted by molar-refractivity contribution is -0.137. The molecule has 0 atom stereocenters. The van der Waals surface area contributed by atoms with Gasteiger partial charge in [-0.1, -0.05) is 13.3 Å². The predicted octanol–water partition coefficient (Wildman–Crippen LogP) is 1.13. The fraction of sp³-hybridized carbons (Fsp3) is 0.727. The zero-order valence-corrected chi connectivity index (χ0v) is 20.1. The maximum Gasteiger partial charge on any atom is 0.407 e. The van der Waals surface area contributed by atoms with Crippen molar-refractivity contribution >= 4 is 23.9 Å². The Bertz CT molecular complexity index is 779. The van der Waals surface area contributed by atoms with Crippen molar-refractivity contribution in [3.63, 3.8) is 0 Å². The molecule has 1 aliphatic carbocycles. The van der Waals surface area contributed by atoms with Gasteiger partial charge in [0.25, 0.3) is 11.8 Å². The third-order valence-corrected chi connectivity index (χ3v) is 5.64. The van der Waals surface area contributed by atoms with E-state index >= 15 is 0 Å². The number of unbranched alkanes of at least 4 members (excludes halogenated alkanes) is 1. The number of ether oxygens (including phenoxy) is 1. The molecule has 11 heteroatoms. The summed E-state index contributed by atoms with van der Waals surface area (Å²) in [5.41, 5.74) is 10.4. The Morgan fingerprint density at radius 1 is 1.06 bits per heavy atom. The average Bonchev–Trinajstić information content (AvgIpc) is 2.70. The van der Waals surface area contributed by atoms with Crippen LogP contribution in [0.4, 0.5) is 9.59 Å². The molecule has 0 unspecified atom stereocenters. The van der Waals surface area contributed by atoms with E-state index in [4.69, 9.17) is 16.2 Å². The first kappa shape index (κ1) is 26.4. The number of rotatable bonds is 8. The molecule has 1 heterocycles. The lowest BCUT2D eigenvalue weighted by Crippen LogP contribution is -2.61. The molecule has 0 spiro atoms. The highest BCUT2D eigenvalue weighted by Gasteiger charge is 2.46. The molecule has 0 bridgehead atoms. The fourth-order valence-corrected chi connectivity index (χ4v) is 4.03. The summed E-state index contributed by atoms with van der Waals surface area (Å²) in [6.07, 6.45) is 3.65. The molecule has 2 rings (SSSR count). The molecule has 1 saturated carbocycles. The van der Waals surface area contributed by atoms with E-state index < -0.39 is 29.5 Å². The lowest BCUT2D eigenvalue weighted by atomic mass is 9.89. The summed E-state index contributed by atoms with van der Waals surface area (Å²) >= 11 is 0. The number of barbiturate groups is 1. The number of urea groups is 1. The number of amides is 5. The molecule has 0 aromatic carbocycles. The number of carbonyl (C=O) groups excluding carboxylic acids is 4. The van der Waals surface area contributed by atoms with Gasteiger partial charge in [-0.05, 0) is 52.9 Å². The van der Waals surface area contributed by atoms with E-state index in [1.807, 2.05) is 6.92 Å². The van der Waals surface area contributed by atoms with Gasteiger partial charge in [-0.2, -0.15) is 0 Å². The van der Waals surface area contributed by atoms with Crippen LogP contribution in [-0.4, -0.2) is 71.1 Å².